The van der Waals surface area contributed by atoms with Crippen molar-refractivity contribution in [2.45, 2.75) is 23.2 Å². The third kappa shape index (κ3) is 3.17. The lowest BCUT2D eigenvalue weighted by Crippen LogP contribution is -2.23. The van der Waals surface area contributed by atoms with Crippen LogP contribution in [0.5, 0.6) is 0 Å². The Morgan fingerprint density at radius 3 is 2.40 bits per heavy atom. The monoisotopic (exact) mass is 231 g/mol. The van der Waals surface area contributed by atoms with E-state index in [-0.39, 0.29) is 0 Å². The van der Waals surface area contributed by atoms with Gasteiger partial charge in [0, 0.05) is 4.90 Å². The van der Waals surface area contributed by atoms with Gasteiger partial charge in [-0.25, -0.2) is 0 Å². The third-order valence-corrected chi connectivity index (χ3v) is 3.07. The smallest absolute Gasteiger partial charge is 0.197 e. The van der Waals surface area contributed by atoms with Crippen LogP contribution in [-0.4, -0.2) is 11.4 Å². The second-order valence-corrected chi connectivity index (χ2v) is 4.08. The third-order valence-electron chi connectivity index (χ3n) is 1.75. The van der Waals surface area contributed by atoms with E-state index in [9.17, 15) is 13.2 Å². The lowest BCUT2D eigenvalue weighted by molar-refractivity contribution is -0.118. The summed E-state index contributed by atoms with van der Waals surface area (Å²) in [6.07, 6.45) is -4.48. The van der Waals surface area contributed by atoms with Gasteiger partial charge in [-0.1, -0.05) is 30.0 Å². The van der Waals surface area contributed by atoms with Gasteiger partial charge in [0.25, 0.3) is 0 Å². The van der Waals surface area contributed by atoms with Gasteiger partial charge in [-0.05, 0) is 18.6 Å². The molecule has 0 heterocycles. The number of benzene rings is 1. The maximum absolute atomic E-state index is 12.3. The van der Waals surface area contributed by atoms with Crippen LogP contribution in [0.2, 0.25) is 0 Å². The zero-order valence-electron chi connectivity index (χ0n) is 7.88. The van der Waals surface area contributed by atoms with Gasteiger partial charge >= 0.3 is 6.18 Å². The Morgan fingerprint density at radius 1 is 1.33 bits per heavy atom. The molecule has 80 valence electrons. The summed E-state index contributed by atoms with van der Waals surface area (Å²) in [6.45, 7) is 1.72. The Hall–Kier alpha value is -1.15. The molecule has 0 radical (unpaired) electrons. The molecule has 1 unspecified atom stereocenters. The lowest BCUT2D eigenvalue weighted by Gasteiger charge is -2.13. The SMILES string of the molecule is Cc1ccccc1SC(C#N)C(F)(F)F. The standard InChI is InChI=1S/C10H8F3NS/c1-7-4-2-3-5-8(7)15-9(6-14)10(11,12)13/h2-5,9H,1H3. The second-order valence-electron chi connectivity index (χ2n) is 2.93. The predicted molar refractivity (Wildman–Crippen MR) is 52.5 cm³/mol. The number of hydrogen-bond donors (Lipinski definition) is 0. The van der Waals surface area contributed by atoms with Crippen molar-refractivity contribution in [2.75, 3.05) is 0 Å². The highest BCUT2D eigenvalue weighted by Crippen LogP contribution is 2.35. The minimum absolute atomic E-state index is 0.487. The number of rotatable bonds is 2. The van der Waals surface area contributed by atoms with Gasteiger partial charge in [-0.15, -0.1) is 0 Å². The van der Waals surface area contributed by atoms with Gasteiger partial charge in [0.15, 0.2) is 5.25 Å². The fourth-order valence-corrected chi connectivity index (χ4v) is 1.83. The van der Waals surface area contributed by atoms with E-state index >= 15 is 0 Å². The minimum Gasteiger partial charge on any atom is -0.197 e. The fourth-order valence-electron chi connectivity index (χ4n) is 0.982. The van der Waals surface area contributed by atoms with Gasteiger partial charge in [0.2, 0.25) is 0 Å². The highest BCUT2D eigenvalue weighted by molar-refractivity contribution is 8.00. The first-order chi connectivity index (χ1) is 6.95. The van der Waals surface area contributed by atoms with Crippen molar-refractivity contribution in [3.05, 3.63) is 29.8 Å². The zero-order chi connectivity index (χ0) is 11.5. The average molecular weight is 231 g/mol. The molecule has 1 nitrogen and oxygen atoms in total. The largest absolute Gasteiger partial charge is 0.413 e. The van der Waals surface area contributed by atoms with Crippen molar-refractivity contribution >= 4 is 11.8 Å². The summed E-state index contributed by atoms with van der Waals surface area (Å²) in [5, 5.41) is 6.42. The number of nitriles is 1. The van der Waals surface area contributed by atoms with Gasteiger partial charge in [-0.2, -0.15) is 18.4 Å². The highest BCUT2D eigenvalue weighted by Gasteiger charge is 2.40. The Morgan fingerprint density at radius 2 is 1.93 bits per heavy atom. The van der Waals surface area contributed by atoms with Gasteiger partial charge < -0.3 is 0 Å². The van der Waals surface area contributed by atoms with Crippen molar-refractivity contribution in [1.82, 2.24) is 0 Å². The minimum atomic E-state index is -4.48. The summed E-state index contributed by atoms with van der Waals surface area (Å²) in [6, 6.07) is 7.95. The van der Waals surface area contributed by atoms with Crippen LogP contribution in [-0.2, 0) is 0 Å². The molecule has 0 amide bonds. The topological polar surface area (TPSA) is 23.8 Å². The highest BCUT2D eigenvalue weighted by atomic mass is 32.2. The maximum Gasteiger partial charge on any atom is 0.413 e. The Balaban J connectivity index is 2.87. The molecule has 1 aromatic rings. The number of alkyl halides is 3. The van der Waals surface area contributed by atoms with E-state index in [1.165, 1.54) is 6.07 Å². The molecule has 0 aliphatic carbocycles. The molecule has 0 saturated heterocycles. The van der Waals surface area contributed by atoms with E-state index in [2.05, 4.69) is 0 Å². The van der Waals surface area contributed by atoms with Crippen LogP contribution in [0.4, 0.5) is 13.2 Å². The maximum atomic E-state index is 12.3. The van der Waals surface area contributed by atoms with E-state index in [0.717, 1.165) is 5.56 Å². The molecule has 0 bridgehead atoms. The Bertz CT molecular complexity index is 381. The molecule has 1 rings (SSSR count). The molecular weight excluding hydrogens is 223 g/mol. The summed E-state index contributed by atoms with van der Waals surface area (Å²) in [5.74, 6) is 0. The zero-order valence-corrected chi connectivity index (χ0v) is 8.69. The van der Waals surface area contributed by atoms with E-state index in [0.29, 0.717) is 16.7 Å². The van der Waals surface area contributed by atoms with Crippen molar-refractivity contribution in [1.29, 1.82) is 5.26 Å². The molecule has 0 aromatic heterocycles. The van der Waals surface area contributed by atoms with Crippen LogP contribution in [0.15, 0.2) is 29.2 Å². The normalized spacial score (nSPS) is 13.3. The molecule has 1 aromatic carbocycles. The summed E-state index contributed by atoms with van der Waals surface area (Å²) < 4.78 is 36.9. The number of nitrogens with zero attached hydrogens (tertiary/aromatic N) is 1. The number of aryl methyl sites for hydroxylation is 1. The number of hydrogen-bond acceptors (Lipinski definition) is 2. The quantitative estimate of drug-likeness (QED) is 0.727. The van der Waals surface area contributed by atoms with Crippen molar-refractivity contribution in [2.24, 2.45) is 0 Å². The fraction of sp³-hybridized carbons (Fsp3) is 0.300. The van der Waals surface area contributed by atoms with Crippen LogP contribution in [0.1, 0.15) is 5.56 Å². The summed E-state index contributed by atoms with van der Waals surface area (Å²) >= 11 is 0.536. The van der Waals surface area contributed by atoms with Crippen LogP contribution < -0.4 is 0 Å². The first-order valence-corrected chi connectivity index (χ1v) is 5.01. The van der Waals surface area contributed by atoms with Gasteiger partial charge in [0.1, 0.15) is 0 Å². The molecule has 0 N–H and O–H groups in total. The first kappa shape index (κ1) is 11.9. The molecule has 0 fully saturated rings. The molecule has 15 heavy (non-hydrogen) atoms. The van der Waals surface area contributed by atoms with Crippen molar-refractivity contribution in [3.8, 4) is 6.07 Å². The molecule has 5 heteroatoms. The second kappa shape index (κ2) is 4.58. The summed E-state index contributed by atoms with van der Waals surface area (Å²) in [7, 11) is 0. The van der Waals surface area contributed by atoms with E-state index in [1.54, 1.807) is 31.2 Å². The molecule has 0 saturated carbocycles. The molecule has 0 spiro atoms. The predicted octanol–water partition coefficient (Wildman–Crippen LogP) is 3.54. The first-order valence-electron chi connectivity index (χ1n) is 4.14. The Labute approximate surface area is 89.9 Å². The van der Waals surface area contributed by atoms with Crippen LogP contribution in [0, 0.1) is 18.3 Å². The van der Waals surface area contributed by atoms with Crippen LogP contribution in [0.3, 0.4) is 0 Å². The van der Waals surface area contributed by atoms with Gasteiger partial charge in [0.05, 0.1) is 6.07 Å². The summed E-state index contributed by atoms with van der Waals surface area (Å²) in [5.41, 5.74) is 0.743. The number of halogens is 3. The Kier molecular flexibility index (Phi) is 3.64. The molecular formula is C10H8F3NS. The van der Waals surface area contributed by atoms with Crippen LogP contribution >= 0.6 is 11.8 Å². The van der Waals surface area contributed by atoms with Crippen LogP contribution in [0.25, 0.3) is 0 Å². The van der Waals surface area contributed by atoms with E-state index in [4.69, 9.17) is 5.26 Å². The van der Waals surface area contributed by atoms with Gasteiger partial charge in [-0.3, -0.25) is 0 Å². The molecule has 0 aliphatic heterocycles. The summed E-state index contributed by atoms with van der Waals surface area (Å²) in [4.78, 5) is 0.487. The number of thioether (sulfide) groups is 1. The van der Waals surface area contributed by atoms with E-state index in [1.807, 2.05) is 0 Å². The average Bonchev–Trinajstić information content (AvgIpc) is 2.14. The lowest BCUT2D eigenvalue weighted by atomic mass is 10.2. The molecule has 0 aliphatic rings. The molecule has 1 atom stereocenters. The van der Waals surface area contributed by atoms with Crippen molar-refractivity contribution in [3.63, 3.8) is 0 Å². The van der Waals surface area contributed by atoms with E-state index < -0.39 is 11.4 Å². The van der Waals surface area contributed by atoms with Crippen molar-refractivity contribution < 1.29 is 13.2 Å².